The molecule has 3 aromatic rings. The molecule has 132 valence electrons. The number of hydrogen-bond donors (Lipinski definition) is 1. The molecular formula is C19H16FN3O3. The summed E-state index contributed by atoms with van der Waals surface area (Å²) in [6.45, 7) is -0.265. The number of anilines is 1. The van der Waals surface area contributed by atoms with Crippen molar-refractivity contribution in [2.75, 3.05) is 12.4 Å². The first-order chi connectivity index (χ1) is 12.6. The van der Waals surface area contributed by atoms with Crippen molar-refractivity contribution in [3.05, 3.63) is 76.8 Å². The highest BCUT2D eigenvalue weighted by Gasteiger charge is 2.11. The lowest BCUT2D eigenvalue weighted by molar-refractivity contribution is -0.117. The van der Waals surface area contributed by atoms with Crippen LogP contribution in [0.4, 0.5) is 10.1 Å². The number of nitrogens with one attached hydrogen (secondary N) is 1. The number of benzene rings is 2. The van der Waals surface area contributed by atoms with Gasteiger partial charge >= 0.3 is 0 Å². The standard InChI is InChI=1S/C19H16FN3O3/c1-26-17-5-3-2-4-15(17)16-10-11-19(25)23(22-16)12-18(24)21-14-8-6-13(20)7-9-14/h2-11H,12H2,1H3,(H,21,24). The van der Waals surface area contributed by atoms with E-state index in [0.29, 0.717) is 22.7 Å². The first-order valence-corrected chi connectivity index (χ1v) is 7.84. The molecule has 2 aromatic carbocycles. The Labute approximate surface area is 148 Å². The van der Waals surface area contributed by atoms with Gasteiger partial charge in [0, 0.05) is 17.3 Å². The minimum atomic E-state index is -0.441. The summed E-state index contributed by atoms with van der Waals surface area (Å²) >= 11 is 0. The molecule has 0 radical (unpaired) electrons. The number of amides is 1. The van der Waals surface area contributed by atoms with E-state index in [0.717, 1.165) is 4.68 Å². The van der Waals surface area contributed by atoms with E-state index >= 15 is 0 Å². The van der Waals surface area contributed by atoms with Crippen molar-refractivity contribution in [3.63, 3.8) is 0 Å². The molecule has 0 atom stereocenters. The Balaban J connectivity index is 1.83. The van der Waals surface area contributed by atoms with Crippen molar-refractivity contribution < 1.29 is 13.9 Å². The molecule has 0 fully saturated rings. The van der Waals surface area contributed by atoms with E-state index < -0.39 is 17.3 Å². The summed E-state index contributed by atoms with van der Waals surface area (Å²) < 4.78 is 19.3. The number of nitrogens with zero attached hydrogens (tertiary/aromatic N) is 2. The van der Waals surface area contributed by atoms with Gasteiger partial charge in [-0.3, -0.25) is 9.59 Å². The SMILES string of the molecule is COc1ccccc1-c1ccc(=O)n(CC(=O)Nc2ccc(F)cc2)n1. The van der Waals surface area contributed by atoms with Crippen LogP contribution in [-0.4, -0.2) is 22.8 Å². The Morgan fingerprint density at radius 2 is 1.85 bits per heavy atom. The van der Waals surface area contributed by atoms with Crippen molar-refractivity contribution in [3.8, 4) is 17.0 Å². The summed E-state index contributed by atoms with van der Waals surface area (Å²) in [4.78, 5) is 24.2. The number of ether oxygens (including phenoxy) is 1. The fourth-order valence-corrected chi connectivity index (χ4v) is 2.43. The number of para-hydroxylation sites is 1. The molecule has 1 N–H and O–H groups in total. The molecule has 0 aliphatic heterocycles. The highest BCUT2D eigenvalue weighted by atomic mass is 19.1. The van der Waals surface area contributed by atoms with Crippen molar-refractivity contribution in [1.29, 1.82) is 0 Å². The second-order valence-electron chi connectivity index (χ2n) is 5.47. The van der Waals surface area contributed by atoms with E-state index in [1.54, 1.807) is 19.2 Å². The fraction of sp³-hybridized carbons (Fsp3) is 0.105. The van der Waals surface area contributed by atoms with Gasteiger partial charge in [-0.15, -0.1) is 0 Å². The third-order valence-corrected chi connectivity index (χ3v) is 3.67. The predicted octanol–water partition coefficient (Wildman–Crippen LogP) is 2.70. The second kappa shape index (κ2) is 7.60. The summed E-state index contributed by atoms with van der Waals surface area (Å²) in [6.07, 6.45) is 0. The number of methoxy groups -OCH3 is 1. The Kier molecular flexibility index (Phi) is 5.07. The zero-order valence-electron chi connectivity index (χ0n) is 14.0. The van der Waals surface area contributed by atoms with Crippen molar-refractivity contribution >= 4 is 11.6 Å². The summed E-state index contributed by atoms with van der Waals surface area (Å²) in [5.41, 5.74) is 1.25. The number of hydrogen-bond acceptors (Lipinski definition) is 4. The molecule has 0 unspecified atom stereocenters. The normalized spacial score (nSPS) is 10.4. The minimum absolute atomic E-state index is 0.265. The van der Waals surface area contributed by atoms with E-state index in [4.69, 9.17) is 4.74 Å². The van der Waals surface area contributed by atoms with E-state index in [2.05, 4.69) is 10.4 Å². The molecule has 1 heterocycles. The van der Waals surface area contributed by atoms with Crippen LogP contribution in [0.5, 0.6) is 5.75 Å². The molecule has 0 saturated carbocycles. The van der Waals surface area contributed by atoms with Gasteiger partial charge in [-0.25, -0.2) is 9.07 Å². The molecule has 3 rings (SSSR count). The number of aromatic nitrogens is 2. The Morgan fingerprint density at radius 1 is 1.12 bits per heavy atom. The molecule has 26 heavy (non-hydrogen) atoms. The zero-order chi connectivity index (χ0) is 18.5. The molecule has 0 aliphatic carbocycles. The molecule has 0 saturated heterocycles. The first kappa shape index (κ1) is 17.3. The Morgan fingerprint density at radius 3 is 2.58 bits per heavy atom. The van der Waals surface area contributed by atoms with Crippen molar-refractivity contribution in [1.82, 2.24) is 9.78 Å². The Bertz CT molecular complexity index is 984. The molecule has 1 amide bonds. The number of carbonyl (C=O) groups excluding carboxylic acids is 1. The zero-order valence-corrected chi connectivity index (χ0v) is 14.0. The molecule has 0 aliphatic rings. The van der Waals surface area contributed by atoms with Crippen LogP contribution in [0, 0.1) is 5.82 Å². The van der Waals surface area contributed by atoms with Gasteiger partial charge in [-0.1, -0.05) is 12.1 Å². The maximum absolute atomic E-state index is 12.9. The number of carbonyl (C=O) groups is 1. The van der Waals surface area contributed by atoms with E-state index in [1.807, 2.05) is 18.2 Å². The lowest BCUT2D eigenvalue weighted by Crippen LogP contribution is -2.29. The highest BCUT2D eigenvalue weighted by Crippen LogP contribution is 2.27. The fourth-order valence-electron chi connectivity index (χ4n) is 2.43. The van der Waals surface area contributed by atoms with Gasteiger partial charge in [0.15, 0.2) is 0 Å². The molecule has 6 nitrogen and oxygen atoms in total. The smallest absolute Gasteiger partial charge is 0.267 e. The van der Waals surface area contributed by atoms with Gasteiger partial charge < -0.3 is 10.1 Å². The van der Waals surface area contributed by atoms with Crippen LogP contribution < -0.4 is 15.6 Å². The van der Waals surface area contributed by atoms with E-state index in [1.165, 1.54) is 30.3 Å². The van der Waals surface area contributed by atoms with E-state index in [-0.39, 0.29) is 6.54 Å². The van der Waals surface area contributed by atoms with Crippen molar-refractivity contribution in [2.45, 2.75) is 6.54 Å². The molecule has 0 bridgehead atoms. The van der Waals surface area contributed by atoms with Crippen LogP contribution in [0.25, 0.3) is 11.3 Å². The van der Waals surface area contributed by atoms with Crippen LogP contribution in [-0.2, 0) is 11.3 Å². The second-order valence-corrected chi connectivity index (χ2v) is 5.47. The average Bonchev–Trinajstić information content (AvgIpc) is 2.65. The van der Waals surface area contributed by atoms with Crippen LogP contribution in [0.2, 0.25) is 0 Å². The molecule has 7 heteroatoms. The highest BCUT2D eigenvalue weighted by molar-refractivity contribution is 5.90. The van der Waals surface area contributed by atoms with Crippen molar-refractivity contribution in [2.24, 2.45) is 0 Å². The van der Waals surface area contributed by atoms with Gasteiger partial charge in [0.2, 0.25) is 5.91 Å². The van der Waals surface area contributed by atoms with Crippen LogP contribution in [0.15, 0.2) is 65.5 Å². The quantitative estimate of drug-likeness (QED) is 0.765. The summed E-state index contributed by atoms with van der Waals surface area (Å²) in [6, 6.07) is 15.5. The Hall–Kier alpha value is -3.48. The summed E-state index contributed by atoms with van der Waals surface area (Å²) in [5, 5.41) is 6.85. The van der Waals surface area contributed by atoms with Crippen LogP contribution >= 0.6 is 0 Å². The summed E-state index contributed by atoms with van der Waals surface area (Å²) in [7, 11) is 1.55. The maximum atomic E-state index is 12.9. The van der Waals surface area contributed by atoms with Gasteiger partial charge in [-0.2, -0.15) is 5.10 Å². The first-order valence-electron chi connectivity index (χ1n) is 7.84. The topological polar surface area (TPSA) is 73.2 Å². The number of rotatable bonds is 5. The monoisotopic (exact) mass is 353 g/mol. The lowest BCUT2D eigenvalue weighted by Gasteiger charge is -2.10. The third kappa shape index (κ3) is 3.94. The van der Waals surface area contributed by atoms with Gasteiger partial charge in [0.1, 0.15) is 18.1 Å². The predicted molar refractivity (Wildman–Crippen MR) is 95.5 cm³/mol. The van der Waals surface area contributed by atoms with Gasteiger partial charge in [-0.05, 0) is 42.5 Å². The molecular weight excluding hydrogens is 337 g/mol. The lowest BCUT2D eigenvalue weighted by atomic mass is 10.1. The van der Waals surface area contributed by atoms with Gasteiger partial charge in [0.05, 0.1) is 12.8 Å². The van der Waals surface area contributed by atoms with Crippen LogP contribution in [0.1, 0.15) is 0 Å². The largest absolute Gasteiger partial charge is 0.496 e. The summed E-state index contributed by atoms with van der Waals surface area (Å²) in [5.74, 6) is -0.227. The minimum Gasteiger partial charge on any atom is -0.496 e. The maximum Gasteiger partial charge on any atom is 0.267 e. The van der Waals surface area contributed by atoms with E-state index in [9.17, 15) is 14.0 Å². The molecule has 0 spiro atoms. The third-order valence-electron chi connectivity index (χ3n) is 3.67. The van der Waals surface area contributed by atoms with Crippen LogP contribution in [0.3, 0.4) is 0 Å². The average molecular weight is 353 g/mol. The number of halogens is 1. The van der Waals surface area contributed by atoms with Gasteiger partial charge in [0.25, 0.3) is 5.56 Å². The molecule has 1 aromatic heterocycles.